The number of aliphatic hydroxyl groups is 1. The number of aromatic nitrogens is 1. The van der Waals surface area contributed by atoms with Crippen LogP contribution in [0.4, 0.5) is 5.82 Å². The number of pyridine rings is 1. The summed E-state index contributed by atoms with van der Waals surface area (Å²) in [5, 5.41) is 12.6. The Hall–Kier alpha value is -1.82. The number of methoxy groups -OCH3 is 1. The average molecular weight is 335 g/mol. The molecule has 1 saturated carbocycles. The Balaban J connectivity index is 1.62. The van der Waals surface area contributed by atoms with Crippen LogP contribution in [-0.4, -0.2) is 48.8 Å². The van der Waals surface area contributed by atoms with Gasteiger partial charge in [0.15, 0.2) is 0 Å². The third kappa shape index (κ3) is 6.00. The van der Waals surface area contributed by atoms with E-state index in [4.69, 9.17) is 4.74 Å². The minimum atomic E-state index is -0.182. The highest BCUT2D eigenvalue weighted by Crippen LogP contribution is 2.18. The molecule has 1 aromatic rings. The fraction of sp³-hybridized carbons (Fsp3) is 0.667. The maximum atomic E-state index is 12.0. The number of hydrogen-bond acceptors (Lipinski definition) is 5. The number of anilines is 1. The van der Waals surface area contributed by atoms with Crippen molar-refractivity contribution in [3.63, 3.8) is 0 Å². The SMILES string of the molecule is COc1cccc(N(C)CCCCC(=O)NC2CCC(O)CC2)n1. The monoisotopic (exact) mass is 335 g/mol. The van der Waals surface area contributed by atoms with E-state index in [0.717, 1.165) is 50.9 Å². The summed E-state index contributed by atoms with van der Waals surface area (Å²) in [6.45, 7) is 0.850. The number of ether oxygens (including phenoxy) is 1. The lowest BCUT2D eigenvalue weighted by molar-refractivity contribution is -0.122. The van der Waals surface area contributed by atoms with Crippen molar-refractivity contribution in [3.8, 4) is 5.88 Å². The summed E-state index contributed by atoms with van der Waals surface area (Å²) in [6.07, 6.45) is 5.53. The smallest absolute Gasteiger partial charge is 0.220 e. The van der Waals surface area contributed by atoms with Gasteiger partial charge in [0.25, 0.3) is 0 Å². The molecule has 0 spiro atoms. The number of nitrogens with one attached hydrogen (secondary N) is 1. The van der Waals surface area contributed by atoms with Crippen molar-refractivity contribution in [3.05, 3.63) is 18.2 Å². The Bertz CT molecular complexity index is 516. The Kier molecular flexibility index (Phi) is 7.31. The number of rotatable bonds is 8. The van der Waals surface area contributed by atoms with Crippen molar-refractivity contribution in [2.75, 3.05) is 25.6 Å². The number of carbonyl (C=O) groups is 1. The van der Waals surface area contributed by atoms with Crippen LogP contribution in [0.1, 0.15) is 44.9 Å². The quantitative estimate of drug-likeness (QED) is 0.712. The molecular formula is C18H29N3O3. The van der Waals surface area contributed by atoms with Crippen molar-refractivity contribution in [2.45, 2.75) is 57.1 Å². The molecular weight excluding hydrogens is 306 g/mol. The van der Waals surface area contributed by atoms with Gasteiger partial charge in [0.2, 0.25) is 11.8 Å². The van der Waals surface area contributed by atoms with Gasteiger partial charge in [-0.25, -0.2) is 0 Å². The molecule has 0 aliphatic heterocycles. The molecule has 0 atom stereocenters. The van der Waals surface area contributed by atoms with Gasteiger partial charge in [0, 0.05) is 32.1 Å². The molecule has 6 heteroatoms. The van der Waals surface area contributed by atoms with Crippen molar-refractivity contribution in [1.82, 2.24) is 10.3 Å². The molecule has 1 aliphatic rings. The van der Waals surface area contributed by atoms with Gasteiger partial charge in [-0.05, 0) is 44.6 Å². The van der Waals surface area contributed by atoms with Crippen LogP contribution in [0.15, 0.2) is 18.2 Å². The molecule has 0 radical (unpaired) electrons. The average Bonchev–Trinajstić information content (AvgIpc) is 2.60. The van der Waals surface area contributed by atoms with E-state index in [1.807, 2.05) is 25.2 Å². The second-order valence-corrected chi connectivity index (χ2v) is 6.49. The largest absolute Gasteiger partial charge is 0.481 e. The first-order valence-corrected chi connectivity index (χ1v) is 8.78. The Labute approximate surface area is 144 Å². The molecule has 1 heterocycles. The summed E-state index contributed by atoms with van der Waals surface area (Å²) in [7, 11) is 3.60. The molecule has 0 bridgehead atoms. The Morgan fingerprint density at radius 1 is 1.33 bits per heavy atom. The van der Waals surface area contributed by atoms with Crippen LogP contribution in [0.3, 0.4) is 0 Å². The summed E-state index contributed by atoms with van der Waals surface area (Å²) in [5.41, 5.74) is 0. The third-order valence-corrected chi connectivity index (χ3v) is 4.52. The minimum Gasteiger partial charge on any atom is -0.481 e. The maximum absolute atomic E-state index is 12.0. The van der Waals surface area contributed by atoms with E-state index in [2.05, 4.69) is 15.2 Å². The van der Waals surface area contributed by atoms with Gasteiger partial charge < -0.3 is 20.1 Å². The summed E-state index contributed by atoms with van der Waals surface area (Å²) in [5.74, 6) is 1.61. The van der Waals surface area contributed by atoms with Gasteiger partial charge >= 0.3 is 0 Å². The fourth-order valence-corrected chi connectivity index (χ4v) is 3.00. The van der Waals surface area contributed by atoms with Gasteiger partial charge in [0.05, 0.1) is 13.2 Å². The minimum absolute atomic E-state index is 0.124. The lowest BCUT2D eigenvalue weighted by Crippen LogP contribution is -2.38. The van der Waals surface area contributed by atoms with E-state index >= 15 is 0 Å². The standard InChI is InChI=1S/C18H29N3O3/c1-21(16-6-5-8-18(20-16)24-2)13-4-3-7-17(23)19-14-9-11-15(22)12-10-14/h5-6,8,14-15,22H,3-4,7,9-13H2,1-2H3,(H,19,23). The lowest BCUT2D eigenvalue weighted by atomic mass is 9.93. The molecule has 134 valence electrons. The van der Waals surface area contributed by atoms with E-state index in [9.17, 15) is 9.90 Å². The molecule has 1 amide bonds. The van der Waals surface area contributed by atoms with Crippen LogP contribution in [0.5, 0.6) is 5.88 Å². The van der Waals surface area contributed by atoms with Crippen LogP contribution in [0.25, 0.3) is 0 Å². The molecule has 1 aliphatic carbocycles. The van der Waals surface area contributed by atoms with Gasteiger partial charge in [-0.2, -0.15) is 4.98 Å². The highest BCUT2D eigenvalue weighted by Gasteiger charge is 2.20. The van der Waals surface area contributed by atoms with E-state index in [0.29, 0.717) is 12.3 Å². The summed E-state index contributed by atoms with van der Waals surface area (Å²) < 4.78 is 5.13. The van der Waals surface area contributed by atoms with E-state index in [1.165, 1.54) is 0 Å². The number of carbonyl (C=O) groups excluding carboxylic acids is 1. The molecule has 0 saturated heterocycles. The normalized spacial score (nSPS) is 20.5. The first-order valence-electron chi connectivity index (χ1n) is 8.78. The molecule has 1 aromatic heterocycles. The van der Waals surface area contributed by atoms with Crippen molar-refractivity contribution in [1.29, 1.82) is 0 Å². The number of hydrogen-bond donors (Lipinski definition) is 2. The molecule has 24 heavy (non-hydrogen) atoms. The maximum Gasteiger partial charge on any atom is 0.220 e. The zero-order valence-electron chi connectivity index (χ0n) is 14.7. The summed E-state index contributed by atoms with van der Waals surface area (Å²) in [4.78, 5) is 18.4. The number of aliphatic hydroxyl groups excluding tert-OH is 1. The van der Waals surface area contributed by atoms with E-state index in [1.54, 1.807) is 7.11 Å². The number of unbranched alkanes of at least 4 members (excludes halogenated alkanes) is 1. The predicted octanol–water partition coefficient (Wildman–Crippen LogP) is 2.12. The fourth-order valence-electron chi connectivity index (χ4n) is 3.00. The zero-order chi connectivity index (χ0) is 17.4. The van der Waals surface area contributed by atoms with Crippen molar-refractivity contribution in [2.24, 2.45) is 0 Å². The van der Waals surface area contributed by atoms with Crippen LogP contribution in [-0.2, 0) is 4.79 Å². The summed E-state index contributed by atoms with van der Waals surface area (Å²) in [6, 6.07) is 5.94. The molecule has 0 aromatic carbocycles. The van der Waals surface area contributed by atoms with Crippen LogP contribution in [0, 0.1) is 0 Å². The second-order valence-electron chi connectivity index (χ2n) is 6.49. The lowest BCUT2D eigenvalue weighted by Gasteiger charge is -2.26. The molecule has 1 fully saturated rings. The predicted molar refractivity (Wildman–Crippen MR) is 94.3 cm³/mol. The second kappa shape index (κ2) is 9.47. The molecule has 6 nitrogen and oxygen atoms in total. The van der Waals surface area contributed by atoms with Crippen LogP contribution in [0.2, 0.25) is 0 Å². The highest BCUT2D eigenvalue weighted by atomic mass is 16.5. The van der Waals surface area contributed by atoms with Gasteiger partial charge in [-0.3, -0.25) is 4.79 Å². The van der Waals surface area contributed by atoms with E-state index in [-0.39, 0.29) is 18.1 Å². The zero-order valence-corrected chi connectivity index (χ0v) is 14.7. The van der Waals surface area contributed by atoms with Crippen LogP contribution < -0.4 is 15.0 Å². The topological polar surface area (TPSA) is 74.7 Å². The van der Waals surface area contributed by atoms with Crippen molar-refractivity contribution >= 4 is 11.7 Å². The first-order chi connectivity index (χ1) is 11.6. The molecule has 2 rings (SSSR count). The highest BCUT2D eigenvalue weighted by molar-refractivity contribution is 5.76. The van der Waals surface area contributed by atoms with Gasteiger partial charge in [-0.1, -0.05) is 6.07 Å². The third-order valence-electron chi connectivity index (χ3n) is 4.52. The Morgan fingerprint density at radius 2 is 2.08 bits per heavy atom. The molecule has 0 unspecified atom stereocenters. The first kappa shape index (κ1) is 18.5. The number of nitrogens with zero attached hydrogens (tertiary/aromatic N) is 2. The Morgan fingerprint density at radius 3 is 2.79 bits per heavy atom. The van der Waals surface area contributed by atoms with Crippen molar-refractivity contribution < 1.29 is 14.6 Å². The number of amides is 1. The summed E-state index contributed by atoms with van der Waals surface area (Å²) >= 11 is 0. The van der Waals surface area contributed by atoms with Gasteiger partial charge in [0.1, 0.15) is 5.82 Å². The molecule has 2 N–H and O–H groups in total. The van der Waals surface area contributed by atoms with Crippen LogP contribution >= 0.6 is 0 Å². The van der Waals surface area contributed by atoms with Gasteiger partial charge in [-0.15, -0.1) is 0 Å². The van der Waals surface area contributed by atoms with E-state index < -0.39 is 0 Å².